The second-order valence-corrected chi connectivity index (χ2v) is 5.47. The second kappa shape index (κ2) is 6.25. The van der Waals surface area contributed by atoms with E-state index in [9.17, 15) is 4.79 Å². The molecule has 1 rings (SSSR count). The molecule has 0 spiro atoms. The van der Waals surface area contributed by atoms with Gasteiger partial charge in [-0.3, -0.25) is 4.79 Å². The molecule has 0 bridgehead atoms. The summed E-state index contributed by atoms with van der Waals surface area (Å²) in [6.07, 6.45) is 0. The highest BCUT2D eigenvalue weighted by Crippen LogP contribution is 2.25. The van der Waals surface area contributed by atoms with E-state index < -0.39 is 0 Å². The van der Waals surface area contributed by atoms with Crippen LogP contribution in [0.15, 0.2) is 27.1 Å². The number of rotatable bonds is 4. The Morgan fingerprint density at radius 3 is 2.62 bits per heavy atom. The zero-order chi connectivity index (χ0) is 12.1. The van der Waals surface area contributed by atoms with E-state index in [1.165, 1.54) is 0 Å². The lowest BCUT2D eigenvalue weighted by atomic mass is 10.3. The molecule has 0 unspecified atom stereocenters. The van der Waals surface area contributed by atoms with Crippen LogP contribution < -0.4 is 10.6 Å². The molecule has 88 valence electrons. The van der Waals surface area contributed by atoms with Crippen LogP contribution in [0.5, 0.6) is 0 Å². The molecule has 0 radical (unpaired) electrons. The summed E-state index contributed by atoms with van der Waals surface area (Å²) in [5, 5.41) is 5.88. The van der Waals surface area contributed by atoms with E-state index in [0.29, 0.717) is 0 Å². The van der Waals surface area contributed by atoms with E-state index in [2.05, 4.69) is 42.5 Å². The number of carbonyl (C=O) groups excluding carboxylic acids is 1. The highest BCUT2D eigenvalue weighted by atomic mass is 79.9. The van der Waals surface area contributed by atoms with Crippen molar-refractivity contribution in [3.63, 3.8) is 0 Å². The molecule has 0 aliphatic rings. The van der Waals surface area contributed by atoms with Gasteiger partial charge in [0, 0.05) is 20.7 Å². The van der Waals surface area contributed by atoms with Crippen LogP contribution in [0.3, 0.4) is 0 Å². The summed E-state index contributed by atoms with van der Waals surface area (Å²) in [4.78, 5) is 11.4. The molecule has 0 aliphatic carbocycles. The Labute approximate surface area is 112 Å². The summed E-state index contributed by atoms with van der Waals surface area (Å²) in [5.41, 5.74) is 0.905. The van der Waals surface area contributed by atoms with Crippen molar-refractivity contribution in [1.82, 2.24) is 5.32 Å². The first-order valence-electron chi connectivity index (χ1n) is 4.97. The van der Waals surface area contributed by atoms with Crippen LogP contribution in [-0.4, -0.2) is 18.5 Å². The lowest BCUT2D eigenvalue weighted by Gasteiger charge is -2.11. The van der Waals surface area contributed by atoms with Gasteiger partial charge in [0.05, 0.1) is 6.54 Å². The second-order valence-electron chi connectivity index (χ2n) is 3.70. The van der Waals surface area contributed by atoms with Crippen molar-refractivity contribution in [2.75, 3.05) is 11.9 Å². The lowest BCUT2D eigenvalue weighted by molar-refractivity contribution is -0.119. The van der Waals surface area contributed by atoms with E-state index >= 15 is 0 Å². The van der Waals surface area contributed by atoms with Gasteiger partial charge in [0.2, 0.25) is 5.91 Å². The highest BCUT2D eigenvalue weighted by Gasteiger charge is 2.04. The average Bonchev–Trinajstić information content (AvgIpc) is 2.15. The summed E-state index contributed by atoms with van der Waals surface area (Å²) in [5.74, 6) is -0.00943. The lowest BCUT2D eigenvalue weighted by Crippen LogP contribution is -2.34. The molecule has 1 aromatic rings. The molecule has 0 saturated carbocycles. The van der Waals surface area contributed by atoms with Crippen molar-refractivity contribution in [2.24, 2.45) is 0 Å². The molecule has 16 heavy (non-hydrogen) atoms. The maximum atomic E-state index is 11.4. The van der Waals surface area contributed by atoms with Crippen LogP contribution in [0.25, 0.3) is 0 Å². The molecule has 0 aliphatic heterocycles. The van der Waals surface area contributed by atoms with Gasteiger partial charge in [-0.2, -0.15) is 0 Å². The van der Waals surface area contributed by atoms with Crippen LogP contribution in [0.1, 0.15) is 13.8 Å². The number of benzene rings is 1. The Kier molecular flexibility index (Phi) is 5.28. The first kappa shape index (κ1) is 13.5. The van der Waals surface area contributed by atoms with Crippen molar-refractivity contribution in [1.29, 1.82) is 0 Å². The van der Waals surface area contributed by atoms with Gasteiger partial charge in [-0.05, 0) is 48.0 Å². The molecule has 0 saturated heterocycles. The molecule has 0 atom stereocenters. The summed E-state index contributed by atoms with van der Waals surface area (Å²) in [6, 6.07) is 5.94. The van der Waals surface area contributed by atoms with Crippen molar-refractivity contribution in [3.05, 3.63) is 27.1 Å². The van der Waals surface area contributed by atoms with E-state index in [1.807, 2.05) is 32.0 Å². The molecule has 0 aromatic heterocycles. The zero-order valence-corrected chi connectivity index (χ0v) is 12.4. The average molecular weight is 350 g/mol. The van der Waals surface area contributed by atoms with Crippen molar-refractivity contribution in [2.45, 2.75) is 19.9 Å². The molecule has 1 aromatic carbocycles. The fourth-order valence-corrected chi connectivity index (χ4v) is 2.37. The molecule has 1 amide bonds. The molecule has 2 N–H and O–H groups in total. The predicted octanol–water partition coefficient (Wildman–Crippen LogP) is 3.15. The minimum atomic E-state index is -0.00943. The normalized spacial score (nSPS) is 10.3. The number of amides is 1. The smallest absolute Gasteiger partial charge is 0.239 e. The van der Waals surface area contributed by atoms with Gasteiger partial charge < -0.3 is 10.6 Å². The third-order valence-corrected chi connectivity index (χ3v) is 2.97. The summed E-state index contributed by atoms with van der Waals surface area (Å²) in [7, 11) is 0. The van der Waals surface area contributed by atoms with Gasteiger partial charge in [0.1, 0.15) is 0 Å². The summed E-state index contributed by atoms with van der Waals surface area (Å²) >= 11 is 6.80. The zero-order valence-electron chi connectivity index (χ0n) is 9.18. The van der Waals surface area contributed by atoms with Gasteiger partial charge in [-0.25, -0.2) is 0 Å². The quantitative estimate of drug-likeness (QED) is 0.876. The van der Waals surface area contributed by atoms with E-state index in [4.69, 9.17) is 0 Å². The van der Waals surface area contributed by atoms with Crippen LogP contribution in [-0.2, 0) is 4.79 Å². The topological polar surface area (TPSA) is 41.1 Å². The van der Waals surface area contributed by atoms with E-state index in [-0.39, 0.29) is 18.5 Å². The molecule has 3 nitrogen and oxygen atoms in total. The Morgan fingerprint density at radius 1 is 1.38 bits per heavy atom. The number of hydrogen-bond donors (Lipinski definition) is 2. The van der Waals surface area contributed by atoms with Crippen LogP contribution in [0.4, 0.5) is 5.69 Å². The third kappa shape index (κ3) is 4.53. The maximum Gasteiger partial charge on any atom is 0.239 e. The minimum absolute atomic E-state index is 0.00943. The summed E-state index contributed by atoms with van der Waals surface area (Å²) < 4.78 is 1.93. The number of carbonyl (C=O) groups is 1. The molecule has 5 heteroatoms. The van der Waals surface area contributed by atoms with Crippen LogP contribution >= 0.6 is 31.9 Å². The standard InChI is InChI=1S/C11H14Br2N2O/c1-7(2)15-11(16)6-14-10-4-3-8(12)5-9(10)13/h3-5,7,14H,6H2,1-2H3,(H,15,16). The largest absolute Gasteiger partial charge is 0.375 e. The SMILES string of the molecule is CC(C)NC(=O)CNc1ccc(Br)cc1Br. The number of halogens is 2. The highest BCUT2D eigenvalue weighted by molar-refractivity contribution is 9.11. The molecule has 0 fully saturated rings. The Morgan fingerprint density at radius 2 is 2.06 bits per heavy atom. The fourth-order valence-electron chi connectivity index (χ4n) is 1.18. The maximum absolute atomic E-state index is 11.4. The number of anilines is 1. The Bertz CT molecular complexity index is 380. The number of nitrogens with one attached hydrogen (secondary N) is 2. The van der Waals surface area contributed by atoms with Gasteiger partial charge in [0.15, 0.2) is 0 Å². The number of hydrogen-bond acceptors (Lipinski definition) is 2. The fraction of sp³-hybridized carbons (Fsp3) is 0.364. The molecular weight excluding hydrogens is 336 g/mol. The van der Waals surface area contributed by atoms with E-state index in [1.54, 1.807) is 0 Å². The van der Waals surface area contributed by atoms with Crippen molar-refractivity contribution in [3.8, 4) is 0 Å². The first-order chi connectivity index (χ1) is 7.49. The van der Waals surface area contributed by atoms with E-state index in [0.717, 1.165) is 14.6 Å². The third-order valence-electron chi connectivity index (χ3n) is 1.82. The van der Waals surface area contributed by atoms with Crippen LogP contribution in [0.2, 0.25) is 0 Å². The minimum Gasteiger partial charge on any atom is -0.375 e. The van der Waals surface area contributed by atoms with Gasteiger partial charge >= 0.3 is 0 Å². The molecule has 0 heterocycles. The van der Waals surface area contributed by atoms with Gasteiger partial charge in [0.25, 0.3) is 0 Å². The monoisotopic (exact) mass is 348 g/mol. The van der Waals surface area contributed by atoms with Crippen molar-refractivity contribution >= 4 is 43.5 Å². The van der Waals surface area contributed by atoms with Gasteiger partial charge in [-0.1, -0.05) is 15.9 Å². The Hall–Kier alpha value is -0.550. The Balaban J connectivity index is 2.51. The van der Waals surface area contributed by atoms with Gasteiger partial charge in [-0.15, -0.1) is 0 Å². The predicted molar refractivity (Wildman–Crippen MR) is 73.6 cm³/mol. The van der Waals surface area contributed by atoms with Crippen LogP contribution in [0, 0.1) is 0 Å². The first-order valence-corrected chi connectivity index (χ1v) is 6.56. The molecular formula is C11H14Br2N2O. The van der Waals surface area contributed by atoms with Crippen molar-refractivity contribution < 1.29 is 4.79 Å². The summed E-state index contributed by atoms with van der Waals surface area (Å²) in [6.45, 7) is 4.15.